The van der Waals surface area contributed by atoms with Crippen molar-refractivity contribution in [3.05, 3.63) is 53.8 Å². The Hall–Kier alpha value is -3.68. The average Bonchev–Trinajstić information content (AvgIpc) is 3.31. The third kappa shape index (κ3) is 3.44. The van der Waals surface area contributed by atoms with Gasteiger partial charge in [-0.2, -0.15) is 0 Å². The molecule has 0 radical (unpaired) electrons. The molecule has 0 unspecified atom stereocenters. The monoisotopic (exact) mass is 382 g/mol. The van der Waals surface area contributed by atoms with Crippen molar-refractivity contribution in [2.45, 2.75) is 13.5 Å². The molecule has 2 amide bonds. The highest BCUT2D eigenvalue weighted by Gasteiger charge is 2.23. The molecule has 0 aliphatic carbocycles. The molecule has 8 heteroatoms. The fourth-order valence-electron chi connectivity index (χ4n) is 2.90. The first-order chi connectivity index (χ1) is 13.7. The van der Waals surface area contributed by atoms with Crippen molar-refractivity contribution in [2.24, 2.45) is 0 Å². The maximum absolute atomic E-state index is 12.4. The minimum Gasteiger partial charge on any atom is -0.460 e. The average molecular weight is 382 g/mol. The fourth-order valence-corrected chi connectivity index (χ4v) is 2.90. The molecule has 0 saturated carbocycles. The van der Waals surface area contributed by atoms with Crippen LogP contribution in [0.1, 0.15) is 23.0 Å². The number of anilines is 1. The van der Waals surface area contributed by atoms with Gasteiger partial charge in [-0.15, -0.1) is 0 Å². The molecule has 0 bridgehead atoms. The van der Waals surface area contributed by atoms with Crippen molar-refractivity contribution in [2.75, 3.05) is 18.7 Å². The summed E-state index contributed by atoms with van der Waals surface area (Å²) in [5, 5.41) is 6.06. The topological polar surface area (TPSA) is 99.0 Å². The zero-order valence-electron chi connectivity index (χ0n) is 15.1. The summed E-state index contributed by atoms with van der Waals surface area (Å²) in [5.74, 6) is 0.647. The lowest BCUT2D eigenvalue weighted by atomic mass is 10.2. The Kier molecular flexibility index (Phi) is 4.76. The Morgan fingerprint density at radius 1 is 1.11 bits per heavy atom. The highest BCUT2D eigenvalue weighted by atomic mass is 16.7. The van der Waals surface area contributed by atoms with Crippen LogP contribution in [0, 0.1) is 0 Å². The van der Waals surface area contributed by atoms with Crippen LogP contribution in [-0.4, -0.2) is 25.4 Å². The van der Waals surface area contributed by atoms with Gasteiger partial charge in [-0.3, -0.25) is 0 Å². The molecule has 8 nitrogen and oxygen atoms in total. The van der Waals surface area contributed by atoms with Gasteiger partial charge in [0.2, 0.25) is 12.6 Å². The van der Waals surface area contributed by atoms with Crippen LogP contribution in [0.2, 0.25) is 0 Å². The quantitative estimate of drug-likeness (QED) is 0.654. The first-order valence-electron chi connectivity index (χ1n) is 8.77. The minimum absolute atomic E-state index is 0.0405. The lowest BCUT2D eigenvalue weighted by molar-refractivity contribution is 0.0494. The second kappa shape index (κ2) is 7.51. The number of ether oxygens (including phenoxy) is 3. The van der Waals surface area contributed by atoms with Gasteiger partial charge >= 0.3 is 12.0 Å². The number of hydrogen-bond donors (Lipinski definition) is 2. The summed E-state index contributed by atoms with van der Waals surface area (Å²) in [6.45, 7) is 2.36. The fraction of sp³-hybridized carbons (Fsp3) is 0.200. The number of carbonyl (C=O) groups is 2. The second-order valence-electron chi connectivity index (χ2n) is 6.02. The lowest BCUT2D eigenvalue weighted by Crippen LogP contribution is -2.28. The van der Waals surface area contributed by atoms with Gasteiger partial charge in [0, 0.05) is 11.9 Å². The Balaban J connectivity index is 1.50. The largest absolute Gasteiger partial charge is 0.460 e. The molecule has 0 fully saturated rings. The smallest absolute Gasteiger partial charge is 0.376 e. The molecular formula is C20H18N2O6. The van der Waals surface area contributed by atoms with Crippen LogP contribution in [0.4, 0.5) is 10.5 Å². The van der Waals surface area contributed by atoms with E-state index in [9.17, 15) is 9.59 Å². The van der Waals surface area contributed by atoms with E-state index in [0.29, 0.717) is 22.5 Å². The van der Waals surface area contributed by atoms with Gasteiger partial charge in [-0.1, -0.05) is 18.2 Å². The molecule has 2 aromatic carbocycles. The number of para-hydroxylation sites is 1. The summed E-state index contributed by atoms with van der Waals surface area (Å²) in [6, 6.07) is 12.0. The van der Waals surface area contributed by atoms with Gasteiger partial charge < -0.3 is 29.3 Å². The third-order valence-corrected chi connectivity index (χ3v) is 4.18. The van der Waals surface area contributed by atoms with Crippen LogP contribution < -0.4 is 20.1 Å². The van der Waals surface area contributed by atoms with Crippen molar-refractivity contribution in [1.82, 2.24) is 5.32 Å². The van der Waals surface area contributed by atoms with Crippen LogP contribution in [0.3, 0.4) is 0 Å². The third-order valence-electron chi connectivity index (χ3n) is 4.18. The number of fused-ring (bicyclic) bond motifs is 2. The number of urea groups is 1. The Morgan fingerprint density at radius 2 is 1.93 bits per heavy atom. The second-order valence-corrected chi connectivity index (χ2v) is 6.02. The summed E-state index contributed by atoms with van der Waals surface area (Å²) < 4.78 is 21.2. The van der Waals surface area contributed by atoms with E-state index >= 15 is 0 Å². The van der Waals surface area contributed by atoms with Crippen LogP contribution in [0.15, 0.2) is 46.9 Å². The van der Waals surface area contributed by atoms with Gasteiger partial charge in [0.25, 0.3) is 0 Å². The molecule has 2 heterocycles. The molecule has 1 aliphatic heterocycles. The maximum Gasteiger partial charge on any atom is 0.376 e. The summed E-state index contributed by atoms with van der Waals surface area (Å²) in [4.78, 5) is 24.6. The predicted molar refractivity (Wildman–Crippen MR) is 101 cm³/mol. The molecule has 0 atom stereocenters. The van der Waals surface area contributed by atoms with Gasteiger partial charge in [-0.25, -0.2) is 9.59 Å². The number of carbonyl (C=O) groups excluding carboxylic acids is 2. The molecule has 0 spiro atoms. The molecule has 28 heavy (non-hydrogen) atoms. The summed E-state index contributed by atoms with van der Waals surface area (Å²) in [5.41, 5.74) is 1.61. The Labute approximate surface area is 160 Å². The first kappa shape index (κ1) is 17.7. The maximum atomic E-state index is 12.4. The van der Waals surface area contributed by atoms with Crippen LogP contribution in [-0.2, 0) is 11.3 Å². The van der Waals surface area contributed by atoms with E-state index in [0.717, 1.165) is 5.56 Å². The van der Waals surface area contributed by atoms with Gasteiger partial charge in [-0.05, 0) is 36.8 Å². The number of rotatable bonds is 5. The summed E-state index contributed by atoms with van der Waals surface area (Å²) >= 11 is 0. The lowest BCUT2D eigenvalue weighted by Gasteiger charge is -2.09. The molecule has 3 aromatic rings. The molecule has 0 saturated heterocycles. The standard InChI is InChI=1S/C20H18N2O6/c1-2-25-19(23)18-17(13-5-3-4-6-14(13)28-18)22-20(24)21-10-12-7-8-15-16(9-12)27-11-26-15/h3-9H,2,10-11H2,1H3,(H2,21,22,24). The summed E-state index contributed by atoms with van der Waals surface area (Å²) in [6.07, 6.45) is 0. The molecule has 144 valence electrons. The van der Waals surface area contributed by atoms with E-state index in [1.807, 2.05) is 6.07 Å². The van der Waals surface area contributed by atoms with Crippen molar-refractivity contribution in [3.63, 3.8) is 0 Å². The van der Waals surface area contributed by atoms with Gasteiger partial charge in [0.15, 0.2) is 11.5 Å². The van der Waals surface area contributed by atoms with E-state index in [1.165, 1.54) is 0 Å². The van der Waals surface area contributed by atoms with E-state index in [-0.39, 0.29) is 31.4 Å². The van der Waals surface area contributed by atoms with Crippen LogP contribution in [0.5, 0.6) is 11.5 Å². The number of amides is 2. The van der Waals surface area contributed by atoms with E-state index in [2.05, 4.69) is 10.6 Å². The molecule has 4 rings (SSSR count). The Bertz CT molecular complexity index is 1040. The minimum atomic E-state index is -0.634. The summed E-state index contributed by atoms with van der Waals surface area (Å²) in [7, 11) is 0. The zero-order chi connectivity index (χ0) is 19.5. The molecule has 1 aliphatic rings. The molecule has 2 N–H and O–H groups in total. The van der Waals surface area contributed by atoms with Gasteiger partial charge in [0.1, 0.15) is 11.3 Å². The highest BCUT2D eigenvalue weighted by molar-refractivity contribution is 6.09. The number of esters is 1. The van der Waals surface area contributed by atoms with Gasteiger partial charge in [0.05, 0.1) is 6.61 Å². The number of nitrogens with one attached hydrogen (secondary N) is 2. The van der Waals surface area contributed by atoms with E-state index in [4.69, 9.17) is 18.6 Å². The van der Waals surface area contributed by atoms with Crippen molar-refractivity contribution >= 4 is 28.7 Å². The van der Waals surface area contributed by atoms with Crippen LogP contribution >= 0.6 is 0 Å². The van der Waals surface area contributed by atoms with Crippen molar-refractivity contribution in [1.29, 1.82) is 0 Å². The molecular weight excluding hydrogens is 364 g/mol. The van der Waals surface area contributed by atoms with Crippen molar-refractivity contribution in [3.8, 4) is 11.5 Å². The Morgan fingerprint density at radius 3 is 2.79 bits per heavy atom. The predicted octanol–water partition coefficient (Wildman–Crippen LogP) is 3.66. The number of benzene rings is 2. The highest BCUT2D eigenvalue weighted by Crippen LogP contribution is 2.33. The number of furan rings is 1. The normalized spacial score (nSPS) is 12.0. The first-order valence-corrected chi connectivity index (χ1v) is 8.77. The van der Waals surface area contributed by atoms with Crippen LogP contribution in [0.25, 0.3) is 11.0 Å². The zero-order valence-corrected chi connectivity index (χ0v) is 15.1. The van der Waals surface area contributed by atoms with Crippen molar-refractivity contribution < 1.29 is 28.2 Å². The van der Waals surface area contributed by atoms with E-state index < -0.39 is 12.0 Å². The SMILES string of the molecule is CCOC(=O)c1oc2ccccc2c1NC(=O)NCc1ccc2c(c1)OCO2. The molecule has 1 aromatic heterocycles. The van der Waals surface area contributed by atoms with E-state index in [1.54, 1.807) is 43.3 Å². The number of hydrogen-bond acceptors (Lipinski definition) is 6.